The first-order valence-corrected chi connectivity index (χ1v) is 11.3. The van der Waals surface area contributed by atoms with Gasteiger partial charge in [-0.2, -0.15) is 4.31 Å². The average Bonchev–Trinajstić information content (AvgIpc) is 3.22. The first-order valence-electron chi connectivity index (χ1n) is 8.74. The zero-order valence-corrected chi connectivity index (χ0v) is 18.6. The van der Waals surface area contributed by atoms with E-state index in [1.54, 1.807) is 24.3 Å². The number of halogens is 3. The normalized spacial score (nSPS) is 11.6. The molecule has 6 nitrogen and oxygen atoms in total. The molecule has 3 rings (SSSR count). The van der Waals surface area contributed by atoms with E-state index in [2.05, 4.69) is 5.32 Å². The lowest BCUT2D eigenvalue weighted by Gasteiger charge is -2.22. The molecule has 1 heterocycles. The third kappa shape index (κ3) is 5.77. The largest absolute Gasteiger partial charge is 0.467 e. The standard InChI is InChI=1S/C20H17Cl3N2O4S/c21-15-5-7-18(8-6-15)30(27,28)25(12-14-3-4-16(22)10-19(14)23)13-20(26)24-11-17-2-1-9-29-17/h1-10H,11-13H2,(H,24,26). The van der Waals surface area contributed by atoms with Gasteiger partial charge in [0.25, 0.3) is 0 Å². The molecule has 0 fully saturated rings. The van der Waals surface area contributed by atoms with Gasteiger partial charge in [0.15, 0.2) is 0 Å². The Morgan fingerprint density at radius 1 is 1.00 bits per heavy atom. The maximum Gasteiger partial charge on any atom is 0.243 e. The molecule has 0 saturated carbocycles. The van der Waals surface area contributed by atoms with Crippen LogP contribution in [0.5, 0.6) is 0 Å². The van der Waals surface area contributed by atoms with E-state index in [1.165, 1.54) is 36.6 Å². The molecule has 0 spiro atoms. The monoisotopic (exact) mass is 486 g/mol. The maximum atomic E-state index is 13.2. The third-order valence-electron chi connectivity index (χ3n) is 4.17. The summed E-state index contributed by atoms with van der Waals surface area (Å²) < 4.78 is 32.6. The lowest BCUT2D eigenvalue weighted by atomic mass is 10.2. The van der Waals surface area contributed by atoms with Gasteiger partial charge in [0.2, 0.25) is 15.9 Å². The fraction of sp³-hybridized carbons (Fsp3) is 0.150. The van der Waals surface area contributed by atoms with Gasteiger partial charge in [-0.05, 0) is 54.1 Å². The Hall–Kier alpha value is -2.03. The van der Waals surface area contributed by atoms with Crippen LogP contribution in [0.1, 0.15) is 11.3 Å². The molecule has 0 aliphatic carbocycles. The highest BCUT2D eigenvalue weighted by Gasteiger charge is 2.27. The summed E-state index contributed by atoms with van der Waals surface area (Å²) in [7, 11) is -4.01. The molecule has 30 heavy (non-hydrogen) atoms. The fourth-order valence-corrected chi connectivity index (χ4v) is 4.61. The lowest BCUT2D eigenvalue weighted by Crippen LogP contribution is -2.40. The predicted octanol–water partition coefficient (Wildman–Crippen LogP) is 4.75. The van der Waals surface area contributed by atoms with Gasteiger partial charge in [-0.25, -0.2) is 8.42 Å². The van der Waals surface area contributed by atoms with Crippen LogP contribution in [0, 0.1) is 0 Å². The van der Waals surface area contributed by atoms with Crippen LogP contribution in [0.4, 0.5) is 0 Å². The number of nitrogens with zero attached hydrogens (tertiary/aromatic N) is 1. The highest BCUT2D eigenvalue weighted by atomic mass is 35.5. The minimum absolute atomic E-state index is 0.0100. The van der Waals surface area contributed by atoms with Gasteiger partial charge < -0.3 is 9.73 Å². The molecule has 0 atom stereocenters. The Morgan fingerprint density at radius 2 is 1.70 bits per heavy atom. The highest BCUT2D eigenvalue weighted by Crippen LogP contribution is 2.25. The van der Waals surface area contributed by atoms with Crippen molar-refractivity contribution in [3.8, 4) is 0 Å². The van der Waals surface area contributed by atoms with Crippen LogP contribution in [-0.2, 0) is 27.9 Å². The SMILES string of the molecule is O=C(CN(Cc1ccc(Cl)cc1Cl)S(=O)(=O)c1ccc(Cl)cc1)NCc1ccco1. The van der Waals surface area contributed by atoms with Crippen LogP contribution in [-0.4, -0.2) is 25.2 Å². The number of rotatable bonds is 8. The van der Waals surface area contributed by atoms with Gasteiger partial charge in [-0.1, -0.05) is 40.9 Å². The number of hydrogen-bond acceptors (Lipinski definition) is 4. The second-order valence-corrected chi connectivity index (χ2v) is 9.54. The molecule has 0 aliphatic heterocycles. The summed E-state index contributed by atoms with van der Waals surface area (Å²) in [5.74, 6) is 0.0604. The summed E-state index contributed by atoms with van der Waals surface area (Å²) in [6.45, 7) is -0.387. The highest BCUT2D eigenvalue weighted by molar-refractivity contribution is 7.89. The number of carbonyl (C=O) groups is 1. The number of amides is 1. The topological polar surface area (TPSA) is 79.6 Å². The fourth-order valence-electron chi connectivity index (χ4n) is 2.64. The third-order valence-corrected chi connectivity index (χ3v) is 6.82. The van der Waals surface area contributed by atoms with Crippen LogP contribution in [0.2, 0.25) is 15.1 Å². The molecule has 1 N–H and O–H groups in total. The van der Waals surface area contributed by atoms with Crippen molar-refractivity contribution >= 4 is 50.7 Å². The molecule has 0 radical (unpaired) electrons. The molecule has 0 unspecified atom stereocenters. The van der Waals surface area contributed by atoms with E-state index in [0.717, 1.165) is 4.31 Å². The first-order chi connectivity index (χ1) is 14.3. The quantitative estimate of drug-likeness (QED) is 0.497. The average molecular weight is 488 g/mol. The number of furan rings is 1. The van der Waals surface area contributed by atoms with Gasteiger partial charge in [-0.15, -0.1) is 0 Å². The molecule has 10 heteroatoms. The Kier molecular flexibility index (Phi) is 7.44. The van der Waals surface area contributed by atoms with E-state index in [9.17, 15) is 13.2 Å². The van der Waals surface area contributed by atoms with Gasteiger partial charge in [0.05, 0.1) is 24.2 Å². The summed E-state index contributed by atoms with van der Waals surface area (Å²) in [5.41, 5.74) is 0.512. The van der Waals surface area contributed by atoms with Gasteiger partial charge in [0.1, 0.15) is 5.76 Å². The number of carbonyl (C=O) groups excluding carboxylic acids is 1. The number of sulfonamides is 1. The van der Waals surface area contributed by atoms with Crippen molar-refractivity contribution in [3.05, 3.63) is 87.3 Å². The predicted molar refractivity (Wildman–Crippen MR) is 116 cm³/mol. The first kappa shape index (κ1) is 22.7. The molecule has 1 aromatic heterocycles. The zero-order chi connectivity index (χ0) is 21.7. The summed E-state index contributed by atoms with van der Waals surface area (Å²) in [4.78, 5) is 12.5. The lowest BCUT2D eigenvalue weighted by molar-refractivity contribution is -0.121. The van der Waals surface area contributed by atoms with Crippen molar-refractivity contribution in [2.45, 2.75) is 18.0 Å². The molecule has 1 amide bonds. The van der Waals surface area contributed by atoms with Gasteiger partial charge in [-0.3, -0.25) is 4.79 Å². The number of nitrogens with one attached hydrogen (secondary N) is 1. The van der Waals surface area contributed by atoms with Crippen molar-refractivity contribution in [2.75, 3.05) is 6.54 Å². The molecular formula is C20H17Cl3N2O4S. The number of benzene rings is 2. The minimum Gasteiger partial charge on any atom is -0.467 e. The molecule has 0 saturated heterocycles. The van der Waals surface area contributed by atoms with E-state index in [1.807, 2.05) is 0 Å². The van der Waals surface area contributed by atoms with E-state index < -0.39 is 22.5 Å². The second kappa shape index (κ2) is 9.85. The summed E-state index contributed by atoms with van der Waals surface area (Å²) >= 11 is 18.0. The van der Waals surface area contributed by atoms with E-state index >= 15 is 0 Å². The molecular weight excluding hydrogens is 471 g/mol. The van der Waals surface area contributed by atoms with Crippen molar-refractivity contribution in [3.63, 3.8) is 0 Å². The van der Waals surface area contributed by atoms with Gasteiger partial charge in [0, 0.05) is 21.6 Å². The molecule has 0 bridgehead atoms. The van der Waals surface area contributed by atoms with E-state index in [0.29, 0.717) is 26.4 Å². The summed E-state index contributed by atoms with van der Waals surface area (Å²) in [6, 6.07) is 13.9. The van der Waals surface area contributed by atoms with Crippen molar-refractivity contribution in [2.24, 2.45) is 0 Å². The minimum atomic E-state index is -4.01. The van der Waals surface area contributed by atoms with Crippen LogP contribution in [0.25, 0.3) is 0 Å². The summed E-state index contributed by atoms with van der Waals surface area (Å²) in [6.07, 6.45) is 1.49. The van der Waals surface area contributed by atoms with Crippen LogP contribution < -0.4 is 5.32 Å². The Morgan fingerprint density at radius 3 is 2.33 bits per heavy atom. The van der Waals surface area contributed by atoms with E-state index in [-0.39, 0.29) is 18.0 Å². The van der Waals surface area contributed by atoms with E-state index in [4.69, 9.17) is 39.2 Å². The van der Waals surface area contributed by atoms with Crippen LogP contribution in [0.15, 0.2) is 70.2 Å². The van der Waals surface area contributed by atoms with Crippen molar-refractivity contribution in [1.29, 1.82) is 0 Å². The molecule has 3 aromatic rings. The van der Waals surface area contributed by atoms with Gasteiger partial charge >= 0.3 is 0 Å². The van der Waals surface area contributed by atoms with Crippen LogP contribution >= 0.6 is 34.8 Å². The van der Waals surface area contributed by atoms with Crippen molar-refractivity contribution < 1.29 is 17.6 Å². The summed E-state index contributed by atoms with van der Waals surface area (Å²) in [5, 5.41) is 3.77. The second-order valence-electron chi connectivity index (χ2n) is 6.32. The Labute approximate surface area is 189 Å². The Bertz CT molecular complexity index is 1120. The maximum absolute atomic E-state index is 13.2. The molecule has 2 aromatic carbocycles. The van der Waals surface area contributed by atoms with Crippen molar-refractivity contribution in [1.82, 2.24) is 9.62 Å². The smallest absolute Gasteiger partial charge is 0.243 e. The molecule has 0 aliphatic rings. The molecule has 158 valence electrons. The Balaban J connectivity index is 1.85. The number of hydrogen-bond donors (Lipinski definition) is 1. The zero-order valence-electron chi connectivity index (χ0n) is 15.5. The van der Waals surface area contributed by atoms with Crippen LogP contribution in [0.3, 0.4) is 0 Å².